The highest BCUT2D eigenvalue weighted by molar-refractivity contribution is 6.08. The molecule has 1 aliphatic heterocycles. The summed E-state index contributed by atoms with van der Waals surface area (Å²) < 4.78 is 12.4. The maximum Gasteiger partial charge on any atom is 0.129 e. The molecule has 4 N–H and O–H groups in total. The van der Waals surface area contributed by atoms with E-state index in [1.165, 1.54) is 6.21 Å². The summed E-state index contributed by atoms with van der Waals surface area (Å²) in [6.07, 6.45) is 5.58. The van der Waals surface area contributed by atoms with E-state index in [2.05, 4.69) is 30.7 Å². The predicted octanol–water partition coefficient (Wildman–Crippen LogP) is 2.37. The molecular formula is C21H25FN8. The first-order valence-electron chi connectivity index (χ1n) is 10.1. The lowest BCUT2D eigenvalue weighted by Gasteiger charge is -2.21. The fourth-order valence-corrected chi connectivity index (χ4v) is 3.50. The van der Waals surface area contributed by atoms with Gasteiger partial charge in [-0.05, 0) is 31.2 Å². The van der Waals surface area contributed by atoms with Crippen molar-refractivity contribution in [1.82, 2.24) is 30.8 Å². The van der Waals surface area contributed by atoms with Crippen LogP contribution in [-0.2, 0) is 0 Å². The van der Waals surface area contributed by atoms with Crippen LogP contribution in [0.3, 0.4) is 0 Å². The number of halogens is 1. The number of hydrogen-bond donors (Lipinski definition) is 4. The van der Waals surface area contributed by atoms with Crippen molar-refractivity contribution < 1.29 is 4.39 Å². The van der Waals surface area contributed by atoms with E-state index >= 15 is 0 Å². The zero-order valence-corrected chi connectivity index (χ0v) is 16.7. The number of nitrogens with one attached hydrogen (secondary N) is 4. The van der Waals surface area contributed by atoms with Gasteiger partial charge in [0, 0.05) is 49.6 Å². The summed E-state index contributed by atoms with van der Waals surface area (Å²) in [5.41, 5.74) is 3.49. The number of aromatic amines is 1. The van der Waals surface area contributed by atoms with Crippen LogP contribution in [0.5, 0.6) is 0 Å². The van der Waals surface area contributed by atoms with E-state index in [9.17, 15) is 4.39 Å². The van der Waals surface area contributed by atoms with Gasteiger partial charge < -0.3 is 20.9 Å². The monoisotopic (exact) mass is 408 g/mol. The van der Waals surface area contributed by atoms with Crippen LogP contribution in [0.1, 0.15) is 12.1 Å². The van der Waals surface area contributed by atoms with Crippen molar-refractivity contribution in [1.29, 1.82) is 5.41 Å². The van der Waals surface area contributed by atoms with Crippen LogP contribution in [-0.4, -0.2) is 65.8 Å². The largest absolute Gasteiger partial charge is 0.388 e. The summed E-state index contributed by atoms with van der Waals surface area (Å²) in [5.74, 6) is 0.942. The summed E-state index contributed by atoms with van der Waals surface area (Å²) in [4.78, 5) is 11.6. The van der Waals surface area contributed by atoms with Crippen LogP contribution in [0.25, 0.3) is 27.9 Å². The summed E-state index contributed by atoms with van der Waals surface area (Å²) >= 11 is 0. The highest BCUT2D eigenvalue weighted by atomic mass is 19.1. The van der Waals surface area contributed by atoms with Gasteiger partial charge in [0.1, 0.15) is 18.2 Å². The van der Waals surface area contributed by atoms with Crippen molar-refractivity contribution >= 4 is 28.5 Å². The Morgan fingerprint density at radius 2 is 2.23 bits per heavy atom. The number of rotatable bonds is 7. The molecule has 0 bridgehead atoms. The van der Waals surface area contributed by atoms with Crippen molar-refractivity contribution in [3.8, 4) is 11.4 Å². The average molecular weight is 408 g/mol. The molecule has 1 aliphatic rings. The SMILES string of the molecule is N=C/C(=C\NCCF)c1cc2c(-c3cccc(N4CCCNCC4)n3)n[nH]c2cn1. The Morgan fingerprint density at radius 3 is 3.10 bits per heavy atom. The van der Waals surface area contributed by atoms with Crippen molar-refractivity contribution in [2.75, 3.05) is 44.3 Å². The highest BCUT2D eigenvalue weighted by Gasteiger charge is 2.15. The Bertz CT molecular complexity index is 1040. The van der Waals surface area contributed by atoms with Crippen LogP contribution >= 0.6 is 0 Å². The van der Waals surface area contributed by atoms with Crippen molar-refractivity contribution in [3.05, 3.63) is 42.4 Å². The van der Waals surface area contributed by atoms with Gasteiger partial charge in [-0.25, -0.2) is 9.37 Å². The third-order valence-corrected chi connectivity index (χ3v) is 5.04. The van der Waals surface area contributed by atoms with Crippen LogP contribution < -0.4 is 15.5 Å². The van der Waals surface area contributed by atoms with Crippen molar-refractivity contribution in [2.45, 2.75) is 6.42 Å². The molecule has 0 atom stereocenters. The van der Waals surface area contributed by atoms with E-state index in [0.717, 1.165) is 60.7 Å². The molecule has 0 radical (unpaired) electrons. The van der Waals surface area contributed by atoms with E-state index in [-0.39, 0.29) is 6.54 Å². The molecule has 4 rings (SSSR count). The zero-order valence-electron chi connectivity index (χ0n) is 16.7. The topological polar surface area (TPSA) is 106 Å². The molecule has 8 nitrogen and oxygen atoms in total. The summed E-state index contributed by atoms with van der Waals surface area (Å²) in [5, 5.41) is 22.3. The molecule has 3 aromatic rings. The molecule has 0 aromatic carbocycles. The minimum Gasteiger partial charge on any atom is -0.388 e. The number of hydrogen-bond acceptors (Lipinski definition) is 7. The normalized spacial score (nSPS) is 15.2. The second kappa shape index (κ2) is 9.45. The number of fused-ring (bicyclic) bond motifs is 1. The minimum absolute atomic E-state index is 0.194. The summed E-state index contributed by atoms with van der Waals surface area (Å²) in [6.45, 7) is 3.58. The average Bonchev–Trinajstić information content (AvgIpc) is 3.01. The third kappa shape index (κ3) is 4.30. The molecule has 1 fully saturated rings. The van der Waals surface area contributed by atoms with E-state index in [1.807, 2.05) is 24.3 Å². The van der Waals surface area contributed by atoms with Gasteiger partial charge in [-0.1, -0.05) is 6.07 Å². The van der Waals surface area contributed by atoms with Crippen LogP contribution in [0.2, 0.25) is 0 Å². The maximum absolute atomic E-state index is 12.4. The smallest absolute Gasteiger partial charge is 0.129 e. The molecule has 156 valence electrons. The predicted molar refractivity (Wildman–Crippen MR) is 118 cm³/mol. The van der Waals surface area contributed by atoms with Crippen molar-refractivity contribution in [3.63, 3.8) is 0 Å². The zero-order chi connectivity index (χ0) is 20.8. The summed E-state index contributed by atoms with van der Waals surface area (Å²) in [6, 6.07) is 7.86. The minimum atomic E-state index is -0.477. The number of anilines is 1. The first kappa shape index (κ1) is 20.0. The van der Waals surface area contributed by atoms with Gasteiger partial charge in [-0.15, -0.1) is 0 Å². The van der Waals surface area contributed by atoms with E-state index in [0.29, 0.717) is 11.3 Å². The summed E-state index contributed by atoms with van der Waals surface area (Å²) in [7, 11) is 0. The molecule has 0 aliphatic carbocycles. The third-order valence-electron chi connectivity index (χ3n) is 5.04. The number of aromatic nitrogens is 4. The van der Waals surface area contributed by atoms with Gasteiger partial charge in [-0.3, -0.25) is 10.1 Å². The first-order valence-corrected chi connectivity index (χ1v) is 10.1. The lowest BCUT2D eigenvalue weighted by Crippen LogP contribution is -2.28. The highest BCUT2D eigenvalue weighted by Crippen LogP contribution is 2.28. The lowest BCUT2D eigenvalue weighted by atomic mass is 10.1. The molecular weight excluding hydrogens is 383 g/mol. The van der Waals surface area contributed by atoms with Gasteiger partial charge in [0.15, 0.2) is 0 Å². The fourth-order valence-electron chi connectivity index (χ4n) is 3.50. The molecule has 0 spiro atoms. The lowest BCUT2D eigenvalue weighted by molar-refractivity contribution is 0.487. The van der Waals surface area contributed by atoms with Gasteiger partial charge in [0.2, 0.25) is 0 Å². The Morgan fingerprint density at radius 1 is 1.30 bits per heavy atom. The number of alkyl halides is 1. The van der Waals surface area contributed by atoms with E-state index in [4.69, 9.17) is 10.4 Å². The molecule has 0 saturated carbocycles. The Hall–Kier alpha value is -3.33. The fraction of sp³-hybridized carbons (Fsp3) is 0.333. The molecule has 1 saturated heterocycles. The number of allylic oxidation sites excluding steroid dienone is 1. The molecule has 0 amide bonds. The molecule has 0 unspecified atom stereocenters. The second-order valence-corrected chi connectivity index (χ2v) is 7.05. The second-order valence-electron chi connectivity index (χ2n) is 7.05. The molecule has 3 aromatic heterocycles. The van der Waals surface area contributed by atoms with Gasteiger partial charge in [0.25, 0.3) is 0 Å². The number of H-pyrrole nitrogens is 1. The Balaban J connectivity index is 1.68. The van der Waals surface area contributed by atoms with Gasteiger partial charge in [-0.2, -0.15) is 5.10 Å². The number of nitrogens with zero attached hydrogens (tertiary/aromatic N) is 4. The van der Waals surface area contributed by atoms with E-state index < -0.39 is 6.67 Å². The Kier molecular flexibility index (Phi) is 6.29. The maximum atomic E-state index is 12.4. The molecule has 9 heteroatoms. The van der Waals surface area contributed by atoms with Crippen LogP contribution in [0.4, 0.5) is 10.2 Å². The molecule has 30 heavy (non-hydrogen) atoms. The number of pyridine rings is 2. The quantitative estimate of drug-likeness (QED) is 0.353. The van der Waals surface area contributed by atoms with Crippen molar-refractivity contribution in [2.24, 2.45) is 0 Å². The van der Waals surface area contributed by atoms with Crippen LogP contribution in [0, 0.1) is 5.41 Å². The standard InChI is InChI=1S/C21H25FN8/c22-5-7-25-13-15(12-23)18-11-16-19(14-26-18)28-29-21(16)17-3-1-4-20(27-17)30-9-2-6-24-8-10-30/h1,3-4,11-14,23-25H,2,5-10H2,(H,28,29)/b15-13+,23-12?. The van der Waals surface area contributed by atoms with Gasteiger partial charge >= 0.3 is 0 Å². The Labute approximate surface area is 174 Å². The van der Waals surface area contributed by atoms with Crippen LogP contribution in [0.15, 0.2) is 36.7 Å². The van der Waals surface area contributed by atoms with E-state index in [1.54, 1.807) is 12.4 Å². The first-order chi connectivity index (χ1) is 14.8. The van der Waals surface area contributed by atoms with Gasteiger partial charge in [0.05, 0.1) is 23.1 Å². The molecule has 4 heterocycles.